The third-order valence-corrected chi connectivity index (χ3v) is 3.84. The molecule has 0 bridgehead atoms. The number of halogens is 1. The van der Waals surface area contributed by atoms with Crippen LogP contribution in [0.2, 0.25) is 0 Å². The van der Waals surface area contributed by atoms with Crippen LogP contribution < -0.4 is 10.6 Å². The van der Waals surface area contributed by atoms with Gasteiger partial charge in [-0.2, -0.15) is 0 Å². The second kappa shape index (κ2) is 7.31. The Bertz CT molecular complexity index is 972. The van der Waals surface area contributed by atoms with Crippen molar-refractivity contribution in [3.8, 4) is 0 Å². The van der Waals surface area contributed by atoms with Gasteiger partial charge in [-0.15, -0.1) is 0 Å². The van der Waals surface area contributed by atoms with Crippen LogP contribution in [0.25, 0.3) is 0 Å². The smallest absolute Gasteiger partial charge is 0.274 e. The van der Waals surface area contributed by atoms with E-state index in [9.17, 15) is 9.18 Å². The summed E-state index contributed by atoms with van der Waals surface area (Å²) < 4.78 is 13.8. The molecule has 0 unspecified atom stereocenters. The lowest BCUT2D eigenvalue weighted by Gasteiger charge is -2.11. The van der Waals surface area contributed by atoms with Gasteiger partial charge in [0, 0.05) is 11.8 Å². The van der Waals surface area contributed by atoms with Crippen molar-refractivity contribution in [2.24, 2.45) is 0 Å². The Labute approximate surface area is 151 Å². The van der Waals surface area contributed by atoms with Gasteiger partial charge in [0.05, 0.1) is 5.69 Å². The molecule has 0 saturated carbocycles. The highest BCUT2D eigenvalue weighted by Gasteiger charge is 2.13. The number of benzene rings is 2. The maximum absolute atomic E-state index is 13.8. The Morgan fingerprint density at radius 3 is 2.46 bits per heavy atom. The van der Waals surface area contributed by atoms with Crippen molar-refractivity contribution in [3.63, 3.8) is 0 Å². The molecule has 0 spiro atoms. The number of para-hydroxylation sites is 1. The van der Waals surface area contributed by atoms with Crippen LogP contribution in [0.4, 0.5) is 21.6 Å². The van der Waals surface area contributed by atoms with Crippen molar-refractivity contribution >= 4 is 23.1 Å². The highest BCUT2D eigenvalue weighted by atomic mass is 19.1. The number of nitrogens with one attached hydrogen (secondary N) is 2. The van der Waals surface area contributed by atoms with Crippen LogP contribution in [0.3, 0.4) is 0 Å². The summed E-state index contributed by atoms with van der Waals surface area (Å²) in [5, 5.41) is 5.74. The molecule has 6 heteroatoms. The van der Waals surface area contributed by atoms with Crippen molar-refractivity contribution in [3.05, 3.63) is 77.0 Å². The van der Waals surface area contributed by atoms with Gasteiger partial charge < -0.3 is 10.6 Å². The summed E-state index contributed by atoms with van der Waals surface area (Å²) in [5.74, 6) is 0.0228. The number of anilines is 3. The second-order valence-electron chi connectivity index (χ2n) is 6.06. The Hall–Kier alpha value is -3.28. The number of nitrogens with zero attached hydrogens (tertiary/aromatic N) is 2. The Morgan fingerprint density at radius 1 is 0.962 bits per heavy atom. The normalized spacial score (nSPS) is 10.5. The molecule has 1 heterocycles. The number of carbonyl (C=O) groups excluding carboxylic acids is 1. The quantitative estimate of drug-likeness (QED) is 0.725. The van der Waals surface area contributed by atoms with Gasteiger partial charge in [0.1, 0.15) is 23.2 Å². The first-order valence-corrected chi connectivity index (χ1v) is 8.18. The van der Waals surface area contributed by atoms with E-state index in [1.807, 2.05) is 32.0 Å². The molecule has 1 aromatic heterocycles. The van der Waals surface area contributed by atoms with Gasteiger partial charge in [0.2, 0.25) is 0 Å². The van der Waals surface area contributed by atoms with Crippen LogP contribution in [0, 0.1) is 26.6 Å². The monoisotopic (exact) mass is 350 g/mol. The summed E-state index contributed by atoms with van der Waals surface area (Å²) in [4.78, 5) is 21.0. The number of rotatable bonds is 4. The minimum Gasteiger partial charge on any atom is -0.338 e. The Kier molecular flexibility index (Phi) is 4.93. The standard InChI is InChI=1S/C20H19FN4O/c1-12-8-9-16(13(2)10-12)25-20(26)18-11-19(23-14(3)22-18)24-17-7-5-4-6-15(17)21/h4-11H,1-3H3,(H,25,26)(H,22,23,24). The lowest BCUT2D eigenvalue weighted by atomic mass is 10.1. The summed E-state index contributed by atoms with van der Waals surface area (Å²) in [5.41, 5.74) is 3.30. The van der Waals surface area contributed by atoms with Gasteiger partial charge in [-0.3, -0.25) is 4.79 Å². The lowest BCUT2D eigenvalue weighted by Crippen LogP contribution is -2.16. The largest absolute Gasteiger partial charge is 0.338 e. The molecule has 0 radical (unpaired) electrons. The van der Waals surface area contributed by atoms with Crippen molar-refractivity contribution in [2.75, 3.05) is 10.6 Å². The summed E-state index contributed by atoms with van der Waals surface area (Å²) >= 11 is 0. The van der Waals surface area contributed by atoms with Gasteiger partial charge >= 0.3 is 0 Å². The molecule has 3 rings (SSSR count). The Morgan fingerprint density at radius 2 is 1.73 bits per heavy atom. The lowest BCUT2D eigenvalue weighted by molar-refractivity contribution is 0.102. The highest BCUT2D eigenvalue weighted by molar-refractivity contribution is 6.03. The zero-order valence-corrected chi connectivity index (χ0v) is 14.8. The molecule has 2 aromatic carbocycles. The van der Waals surface area contributed by atoms with E-state index in [2.05, 4.69) is 20.6 Å². The molecule has 0 saturated heterocycles. The van der Waals surface area contributed by atoms with E-state index in [0.717, 1.165) is 16.8 Å². The molecule has 1 amide bonds. The van der Waals surface area contributed by atoms with Crippen LogP contribution >= 0.6 is 0 Å². The minimum atomic E-state index is -0.398. The number of hydrogen-bond donors (Lipinski definition) is 2. The van der Waals surface area contributed by atoms with Crippen molar-refractivity contribution in [1.29, 1.82) is 0 Å². The molecule has 2 N–H and O–H groups in total. The molecule has 0 fully saturated rings. The first-order chi connectivity index (χ1) is 12.4. The molecule has 0 aliphatic rings. The number of aromatic nitrogens is 2. The van der Waals surface area contributed by atoms with Gasteiger partial charge in [-0.25, -0.2) is 14.4 Å². The SMILES string of the molecule is Cc1ccc(NC(=O)c2cc(Nc3ccccc3F)nc(C)n2)c(C)c1. The molecule has 0 atom stereocenters. The minimum absolute atomic E-state index is 0.205. The number of amides is 1. The van der Waals surface area contributed by atoms with Gasteiger partial charge in [0.15, 0.2) is 0 Å². The number of hydrogen-bond acceptors (Lipinski definition) is 4. The topological polar surface area (TPSA) is 66.9 Å². The third-order valence-electron chi connectivity index (χ3n) is 3.84. The van der Waals surface area contributed by atoms with E-state index in [4.69, 9.17) is 0 Å². The summed E-state index contributed by atoms with van der Waals surface area (Å²) in [6.07, 6.45) is 0. The van der Waals surface area contributed by atoms with Crippen molar-refractivity contribution in [1.82, 2.24) is 9.97 Å². The first-order valence-electron chi connectivity index (χ1n) is 8.18. The van der Waals surface area contributed by atoms with E-state index < -0.39 is 5.82 Å². The predicted octanol–water partition coefficient (Wildman–Crippen LogP) is 4.54. The molecule has 5 nitrogen and oxygen atoms in total. The second-order valence-corrected chi connectivity index (χ2v) is 6.06. The van der Waals surface area contributed by atoms with Crippen LogP contribution in [0.15, 0.2) is 48.5 Å². The molecular formula is C20H19FN4O. The zero-order chi connectivity index (χ0) is 18.7. The van der Waals surface area contributed by atoms with Gasteiger partial charge in [-0.05, 0) is 44.5 Å². The Balaban J connectivity index is 1.85. The molecule has 3 aromatic rings. The van der Waals surface area contributed by atoms with Crippen molar-refractivity contribution < 1.29 is 9.18 Å². The van der Waals surface area contributed by atoms with Crippen molar-refractivity contribution in [2.45, 2.75) is 20.8 Å². The van der Waals surface area contributed by atoms with Gasteiger partial charge in [0.25, 0.3) is 5.91 Å². The predicted molar refractivity (Wildman–Crippen MR) is 100 cm³/mol. The van der Waals surface area contributed by atoms with Gasteiger partial charge in [-0.1, -0.05) is 29.8 Å². The average Bonchev–Trinajstić information content (AvgIpc) is 2.59. The fraction of sp³-hybridized carbons (Fsp3) is 0.150. The molecule has 0 aliphatic heterocycles. The van der Waals surface area contributed by atoms with Crippen LogP contribution in [-0.4, -0.2) is 15.9 Å². The zero-order valence-electron chi connectivity index (χ0n) is 14.8. The molecule has 132 valence electrons. The fourth-order valence-corrected chi connectivity index (χ4v) is 2.59. The van der Waals surface area contributed by atoms with E-state index in [1.165, 1.54) is 12.1 Å². The number of carbonyl (C=O) groups is 1. The van der Waals surface area contributed by atoms with E-state index >= 15 is 0 Å². The molecular weight excluding hydrogens is 331 g/mol. The third kappa shape index (κ3) is 4.03. The first kappa shape index (κ1) is 17.5. The fourth-order valence-electron chi connectivity index (χ4n) is 2.59. The van der Waals surface area contributed by atoms with Crippen LogP contribution in [0.5, 0.6) is 0 Å². The molecule has 0 aliphatic carbocycles. The number of aryl methyl sites for hydroxylation is 3. The average molecular weight is 350 g/mol. The van der Waals surface area contributed by atoms with E-state index in [-0.39, 0.29) is 17.3 Å². The van der Waals surface area contributed by atoms with Crippen LogP contribution in [0.1, 0.15) is 27.4 Å². The molecule has 26 heavy (non-hydrogen) atoms. The summed E-state index contributed by atoms with van der Waals surface area (Å²) in [6.45, 7) is 5.60. The summed E-state index contributed by atoms with van der Waals surface area (Å²) in [7, 11) is 0. The maximum atomic E-state index is 13.8. The van der Waals surface area contributed by atoms with Crippen LogP contribution in [-0.2, 0) is 0 Å². The van der Waals surface area contributed by atoms with E-state index in [0.29, 0.717) is 11.6 Å². The van der Waals surface area contributed by atoms with E-state index in [1.54, 1.807) is 25.1 Å². The maximum Gasteiger partial charge on any atom is 0.274 e. The highest BCUT2D eigenvalue weighted by Crippen LogP contribution is 2.20. The summed E-state index contributed by atoms with van der Waals surface area (Å²) in [6, 6.07) is 13.5.